The first-order valence-electron chi connectivity index (χ1n) is 10.4. The lowest BCUT2D eigenvalue weighted by atomic mass is 10.1. The third-order valence-corrected chi connectivity index (χ3v) is 6.19. The first kappa shape index (κ1) is 22.5. The maximum Gasteiger partial charge on any atom is 0.253 e. The van der Waals surface area contributed by atoms with Crippen LogP contribution >= 0.6 is 23.2 Å². The number of nitrogens with zero attached hydrogens (tertiary/aromatic N) is 2. The van der Waals surface area contributed by atoms with Crippen LogP contribution in [0.15, 0.2) is 66.7 Å². The van der Waals surface area contributed by atoms with Gasteiger partial charge >= 0.3 is 0 Å². The fraction of sp³-hybridized carbons (Fsp3) is 0.240. The number of amides is 1. The Morgan fingerprint density at radius 1 is 0.812 bits per heavy atom. The number of methoxy groups -OCH3 is 1. The van der Waals surface area contributed by atoms with Crippen molar-refractivity contribution in [2.75, 3.05) is 33.3 Å². The molecule has 5 nitrogen and oxygen atoms in total. The predicted molar refractivity (Wildman–Crippen MR) is 127 cm³/mol. The van der Waals surface area contributed by atoms with E-state index in [4.69, 9.17) is 32.7 Å². The number of rotatable bonds is 6. The summed E-state index contributed by atoms with van der Waals surface area (Å²) in [7, 11) is 1.63. The maximum atomic E-state index is 12.9. The van der Waals surface area contributed by atoms with Crippen LogP contribution < -0.4 is 9.47 Å². The van der Waals surface area contributed by atoms with Gasteiger partial charge in [-0.2, -0.15) is 0 Å². The van der Waals surface area contributed by atoms with Crippen molar-refractivity contribution in [1.29, 1.82) is 0 Å². The second-order valence-electron chi connectivity index (χ2n) is 7.62. The van der Waals surface area contributed by atoms with Gasteiger partial charge in [-0.1, -0.05) is 29.3 Å². The summed E-state index contributed by atoms with van der Waals surface area (Å²) in [5, 5.41) is 1.13. The molecule has 0 radical (unpaired) electrons. The highest BCUT2D eigenvalue weighted by atomic mass is 35.5. The van der Waals surface area contributed by atoms with Crippen molar-refractivity contribution in [3.05, 3.63) is 87.9 Å². The Morgan fingerprint density at radius 3 is 2.00 bits per heavy atom. The Labute approximate surface area is 198 Å². The molecule has 1 heterocycles. The molecule has 0 saturated carbocycles. The zero-order valence-electron chi connectivity index (χ0n) is 17.8. The van der Waals surface area contributed by atoms with Crippen LogP contribution in [0.5, 0.6) is 17.2 Å². The molecule has 1 aliphatic heterocycles. The Kier molecular flexibility index (Phi) is 7.20. The molecule has 0 aliphatic carbocycles. The van der Waals surface area contributed by atoms with Crippen molar-refractivity contribution in [1.82, 2.24) is 9.80 Å². The number of halogens is 2. The van der Waals surface area contributed by atoms with E-state index in [1.165, 1.54) is 0 Å². The van der Waals surface area contributed by atoms with Gasteiger partial charge in [0.25, 0.3) is 5.91 Å². The smallest absolute Gasteiger partial charge is 0.253 e. The molecule has 1 amide bonds. The summed E-state index contributed by atoms with van der Waals surface area (Å²) < 4.78 is 11.0. The van der Waals surface area contributed by atoms with E-state index in [-0.39, 0.29) is 5.91 Å². The summed E-state index contributed by atoms with van der Waals surface area (Å²) in [6, 6.07) is 20.3. The summed E-state index contributed by atoms with van der Waals surface area (Å²) in [6.07, 6.45) is 0. The van der Waals surface area contributed by atoms with E-state index >= 15 is 0 Å². The molecule has 0 aromatic heterocycles. The van der Waals surface area contributed by atoms with Crippen LogP contribution in [-0.2, 0) is 6.54 Å². The van der Waals surface area contributed by atoms with Gasteiger partial charge in [-0.3, -0.25) is 9.69 Å². The predicted octanol–water partition coefficient (Wildman–Crippen LogP) is 5.75. The van der Waals surface area contributed by atoms with Crippen LogP contribution in [0.4, 0.5) is 0 Å². The number of ether oxygens (including phenoxy) is 2. The zero-order valence-corrected chi connectivity index (χ0v) is 19.3. The lowest BCUT2D eigenvalue weighted by Crippen LogP contribution is -2.48. The average Bonchev–Trinajstić information content (AvgIpc) is 2.82. The molecular formula is C25H24Cl2N2O3. The van der Waals surface area contributed by atoms with Crippen molar-refractivity contribution >= 4 is 29.1 Å². The molecular weight excluding hydrogens is 447 g/mol. The summed E-state index contributed by atoms with van der Waals surface area (Å²) in [6.45, 7) is 3.78. The molecule has 3 aromatic rings. The van der Waals surface area contributed by atoms with Crippen LogP contribution in [0.2, 0.25) is 10.0 Å². The molecule has 0 atom stereocenters. The van der Waals surface area contributed by atoms with Crippen molar-refractivity contribution in [3.8, 4) is 17.2 Å². The number of benzene rings is 3. The van der Waals surface area contributed by atoms with Crippen LogP contribution in [0.25, 0.3) is 0 Å². The Hall–Kier alpha value is -2.73. The Bertz CT molecular complexity index is 1060. The first-order chi connectivity index (χ1) is 15.5. The van der Waals surface area contributed by atoms with Gasteiger partial charge in [0.1, 0.15) is 17.2 Å². The van der Waals surface area contributed by atoms with Gasteiger partial charge in [0.15, 0.2) is 0 Å². The number of hydrogen-bond acceptors (Lipinski definition) is 4. The van der Waals surface area contributed by atoms with Crippen molar-refractivity contribution in [2.45, 2.75) is 6.54 Å². The van der Waals surface area contributed by atoms with E-state index < -0.39 is 0 Å². The summed E-state index contributed by atoms with van der Waals surface area (Å²) >= 11 is 12.1. The van der Waals surface area contributed by atoms with E-state index in [1.807, 2.05) is 71.6 Å². The van der Waals surface area contributed by atoms with Crippen LogP contribution in [-0.4, -0.2) is 49.0 Å². The number of carbonyl (C=O) groups excluding carboxylic acids is 1. The SMILES string of the molecule is COc1ccc(Oc2ccc(C(=O)N3CCN(Cc4ccc(Cl)c(Cl)c4)CC3)cc2)cc1. The molecule has 3 aromatic carbocycles. The van der Waals surface area contributed by atoms with Gasteiger partial charge in [-0.25, -0.2) is 0 Å². The molecule has 32 heavy (non-hydrogen) atoms. The highest BCUT2D eigenvalue weighted by Crippen LogP contribution is 2.25. The fourth-order valence-corrected chi connectivity index (χ4v) is 3.95. The third-order valence-electron chi connectivity index (χ3n) is 5.45. The molecule has 1 fully saturated rings. The van der Waals surface area contributed by atoms with Crippen molar-refractivity contribution in [2.24, 2.45) is 0 Å². The van der Waals surface area contributed by atoms with E-state index in [0.717, 1.165) is 30.9 Å². The maximum absolute atomic E-state index is 12.9. The van der Waals surface area contributed by atoms with E-state index in [0.29, 0.717) is 40.2 Å². The molecule has 7 heteroatoms. The van der Waals surface area contributed by atoms with Gasteiger partial charge < -0.3 is 14.4 Å². The highest BCUT2D eigenvalue weighted by Gasteiger charge is 2.22. The van der Waals surface area contributed by atoms with Gasteiger partial charge in [-0.15, -0.1) is 0 Å². The lowest BCUT2D eigenvalue weighted by molar-refractivity contribution is 0.0628. The fourth-order valence-electron chi connectivity index (χ4n) is 3.63. The van der Waals surface area contributed by atoms with Crippen LogP contribution in [0, 0.1) is 0 Å². The first-order valence-corrected chi connectivity index (χ1v) is 11.1. The van der Waals surface area contributed by atoms with Crippen LogP contribution in [0.1, 0.15) is 15.9 Å². The van der Waals surface area contributed by atoms with Gasteiger partial charge in [0.05, 0.1) is 17.2 Å². The Balaban J connectivity index is 1.30. The molecule has 1 saturated heterocycles. The van der Waals surface area contributed by atoms with Gasteiger partial charge in [0.2, 0.25) is 0 Å². The van der Waals surface area contributed by atoms with Crippen molar-refractivity contribution in [3.63, 3.8) is 0 Å². The minimum absolute atomic E-state index is 0.0372. The number of carbonyl (C=O) groups is 1. The molecule has 0 N–H and O–H groups in total. The Morgan fingerprint density at radius 2 is 1.41 bits per heavy atom. The molecule has 0 bridgehead atoms. The van der Waals surface area contributed by atoms with E-state index in [1.54, 1.807) is 7.11 Å². The minimum Gasteiger partial charge on any atom is -0.497 e. The van der Waals surface area contributed by atoms with Gasteiger partial charge in [-0.05, 0) is 66.2 Å². The molecule has 1 aliphatic rings. The minimum atomic E-state index is 0.0372. The number of hydrogen-bond donors (Lipinski definition) is 0. The quantitative estimate of drug-likeness (QED) is 0.459. The summed E-state index contributed by atoms with van der Waals surface area (Å²) in [5.41, 5.74) is 1.77. The zero-order chi connectivity index (χ0) is 22.5. The summed E-state index contributed by atoms with van der Waals surface area (Å²) in [4.78, 5) is 17.1. The second kappa shape index (κ2) is 10.3. The number of piperazine rings is 1. The molecule has 4 rings (SSSR count). The van der Waals surface area contributed by atoms with Crippen LogP contribution in [0.3, 0.4) is 0 Å². The highest BCUT2D eigenvalue weighted by molar-refractivity contribution is 6.42. The summed E-state index contributed by atoms with van der Waals surface area (Å²) in [5.74, 6) is 2.20. The van der Waals surface area contributed by atoms with Gasteiger partial charge in [0, 0.05) is 38.3 Å². The lowest BCUT2D eigenvalue weighted by Gasteiger charge is -2.34. The van der Waals surface area contributed by atoms with E-state index in [2.05, 4.69) is 4.90 Å². The largest absolute Gasteiger partial charge is 0.497 e. The molecule has 0 unspecified atom stereocenters. The second-order valence-corrected chi connectivity index (χ2v) is 8.43. The third kappa shape index (κ3) is 5.54. The normalized spacial score (nSPS) is 14.3. The standard InChI is InChI=1S/C25H24Cl2N2O3/c1-31-20-7-9-22(10-8-20)32-21-5-3-19(4-6-21)25(30)29-14-12-28(13-15-29)17-18-2-11-23(26)24(27)16-18/h2-11,16H,12-15,17H2,1H3. The average molecular weight is 471 g/mol. The molecule has 166 valence electrons. The topological polar surface area (TPSA) is 42.0 Å². The van der Waals surface area contributed by atoms with Crippen molar-refractivity contribution < 1.29 is 14.3 Å². The monoisotopic (exact) mass is 470 g/mol. The van der Waals surface area contributed by atoms with E-state index in [9.17, 15) is 4.79 Å². The molecule has 0 spiro atoms.